The minimum Gasteiger partial charge on any atom is -0.355 e. The summed E-state index contributed by atoms with van der Waals surface area (Å²) < 4.78 is 0. The number of Topliss-reactive ketones (excluding diaryl/α,β-unsaturated/α-hetero) is 1. The van der Waals surface area contributed by atoms with Gasteiger partial charge in [0.2, 0.25) is 5.91 Å². The van der Waals surface area contributed by atoms with Crippen molar-refractivity contribution in [3.8, 4) is 0 Å². The largest absolute Gasteiger partial charge is 0.355 e. The van der Waals surface area contributed by atoms with Gasteiger partial charge in [-0.25, -0.2) is 0 Å². The molecule has 0 radical (unpaired) electrons. The number of rotatable bonds is 6. The first-order valence-electron chi connectivity index (χ1n) is 4.93. The Morgan fingerprint density at radius 1 is 1.43 bits per heavy atom. The first-order chi connectivity index (χ1) is 6.47. The zero-order chi connectivity index (χ0) is 11.1. The lowest BCUT2D eigenvalue weighted by Gasteiger charge is -2.22. The van der Waals surface area contributed by atoms with Gasteiger partial charge in [0, 0.05) is 19.0 Å². The number of likely N-dealkylation sites (N-methyl/N-ethyl adjacent to an activating group) is 2. The van der Waals surface area contributed by atoms with Crippen molar-refractivity contribution in [1.82, 2.24) is 10.2 Å². The van der Waals surface area contributed by atoms with E-state index in [1.165, 1.54) is 0 Å². The lowest BCUT2D eigenvalue weighted by Crippen LogP contribution is -2.40. The summed E-state index contributed by atoms with van der Waals surface area (Å²) in [4.78, 5) is 23.9. The number of nitrogens with one attached hydrogen (secondary N) is 1. The maximum atomic E-state index is 11.2. The second-order valence-corrected chi connectivity index (χ2v) is 3.62. The Labute approximate surface area is 85.7 Å². The molecule has 0 saturated heterocycles. The van der Waals surface area contributed by atoms with E-state index in [4.69, 9.17) is 0 Å². The highest BCUT2D eigenvalue weighted by Gasteiger charge is 2.13. The van der Waals surface area contributed by atoms with E-state index < -0.39 is 0 Å². The molecule has 82 valence electrons. The normalized spacial score (nSPS) is 12.6. The van der Waals surface area contributed by atoms with Crippen LogP contribution >= 0.6 is 0 Å². The van der Waals surface area contributed by atoms with E-state index in [-0.39, 0.29) is 17.7 Å². The lowest BCUT2D eigenvalue weighted by molar-refractivity contribution is -0.123. The van der Waals surface area contributed by atoms with Gasteiger partial charge in [-0.1, -0.05) is 0 Å². The molecule has 0 bridgehead atoms. The van der Waals surface area contributed by atoms with Crippen LogP contribution in [0.15, 0.2) is 0 Å². The minimum atomic E-state index is 0.00500. The molecule has 0 aromatic carbocycles. The molecule has 0 aromatic rings. The van der Waals surface area contributed by atoms with Crippen LogP contribution in [0.4, 0.5) is 0 Å². The molecule has 1 atom stereocenters. The highest BCUT2D eigenvalue weighted by atomic mass is 16.2. The predicted octanol–water partition coefficient (Wildman–Crippen LogP) is 0.422. The van der Waals surface area contributed by atoms with Crippen molar-refractivity contribution < 1.29 is 9.59 Å². The fourth-order valence-corrected chi connectivity index (χ4v) is 1.21. The summed E-state index contributed by atoms with van der Waals surface area (Å²) in [5, 5.41) is 2.72. The average Bonchev–Trinajstić information content (AvgIpc) is 2.02. The summed E-state index contributed by atoms with van der Waals surface area (Å²) >= 11 is 0. The smallest absolute Gasteiger partial charge is 0.234 e. The monoisotopic (exact) mass is 200 g/mol. The van der Waals surface area contributed by atoms with Gasteiger partial charge in [-0.2, -0.15) is 0 Å². The van der Waals surface area contributed by atoms with Gasteiger partial charge in [0.1, 0.15) is 5.78 Å². The number of nitrogens with zero attached hydrogens (tertiary/aromatic N) is 1. The molecule has 1 unspecified atom stereocenters. The van der Waals surface area contributed by atoms with E-state index in [1.807, 2.05) is 25.8 Å². The van der Waals surface area contributed by atoms with Crippen molar-refractivity contribution in [2.75, 3.05) is 20.1 Å². The summed E-state index contributed by atoms with van der Waals surface area (Å²) in [5.74, 6) is 0.158. The number of hydrogen-bond acceptors (Lipinski definition) is 3. The first-order valence-corrected chi connectivity index (χ1v) is 4.93. The van der Waals surface area contributed by atoms with Crippen molar-refractivity contribution in [3.05, 3.63) is 0 Å². The van der Waals surface area contributed by atoms with E-state index in [1.54, 1.807) is 6.92 Å². The molecular weight excluding hydrogens is 180 g/mol. The zero-order valence-corrected chi connectivity index (χ0v) is 9.46. The van der Waals surface area contributed by atoms with E-state index in [0.717, 1.165) is 0 Å². The maximum absolute atomic E-state index is 11.2. The Balaban J connectivity index is 3.87. The van der Waals surface area contributed by atoms with E-state index >= 15 is 0 Å². The van der Waals surface area contributed by atoms with Gasteiger partial charge < -0.3 is 5.32 Å². The highest BCUT2D eigenvalue weighted by molar-refractivity contribution is 5.78. The molecule has 0 aliphatic carbocycles. The van der Waals surface area contributed by atoms with Crippen LogP contribution in [-0.4, -0.2) is 42.8 Å². The summed E-state index contributed by atoms with van der Waals surface area (Å²) in [5.41, 5.74) is 0. The first kappa shape index (κ1) is 13.1. The van der Waals surface area contributed by atoms with Crippen LogP contribution in [0.25, 0.3) is 0 Å². The third-order valence-electron chi connectivity index (χ3n) is 2.10. The number of amides is 1. The Morgan fingerprint density at radius 2 is 2.00 bits per heavy atom. The molecular formula is C10H20N2O2. The fraction of sp³-hybridized carbons (Fsp3) is 0.800. The summed E-state index contributed by atoms with van der Waals surface area (Å²) in [6.07, 6.45) is 0.496. The summed E-state index contributed by atoms with van der Waals surface area (Å²) in [7, 11) is 1.85. The zero-order valence-electron chi connectivity index (χ0n) is 9.46. The van der Waals surface area contributed by atoms with Crippen molar-refractivity contribution in [2.24, 2.45) is 0 Å². The van der Waals surface area contributed by atoms with Gasteiger partial charge in [-0.05, 0) is 27.8 Å². The lowest BCUT2D eigenvalue weighted by atomic mass is 10.1. The van der Waals surface area contributed by atoms with Crippen LogP contribution in [0.3, 0.4) is 0 Å². The van der Waals surface area contributed by atoms with Crippen molar-refractivity contribution in [1.29, 1.82) is 0 Å². The topological polar surface area (TPSA) is 49.4 Å². The van der Waals surface area contributed by atoms with Crippen LogP contribution < -0.4 is 5.32 Å². The molecule has 0 aromatic heterocycles. The minimum absolute atomic E-state index is 0.00500. The molecule has 0 saturated carbocycles. The molecule has 4 heteroatoms. The van der Waals surface area contributed by atoms with E-state index in [9.17, 15) is 9.59 Å². The van der Waals surface area contributed by atoms with Gasteiger partial charge in [0.05, 0.1) is 6.54 Å². The SMILES string of the molecule is CCNC(=O)CN(C)C(C)CC(C)=O. The van der Waals surface area contributed by atoms with E-state index in [0.29, 0.717) is 19.5 Å². The number of carbonyl (C=O) groups excluding carboxylic acids is 2. The average molecular weight is 200 g/mol. The number of carbonyl (C=O) groups is 2. The van der Waals surface area contributed by atoms with Gasteiger partial charge >= 0.3 is 0 Å². The molecule has 0 spiro atoms. The molecule has 14 heavy (non-hydrogen) atoms. The van der Waals surface area contributed by atoms with Crippen LogP contribution in [-0.2, 0) is 9.59 Å². The molecule has 0 aliphatic rings. The summed E-state index contributed by atoms with van der Waals surface area (Å²) in [6, 6.07) is 0.120. The Kier molecular flexibility index (Phi) is 6.12. The van der Waals surface area contributed by atoms with Crippen LogP contribution in [0, 0.1) is 0 Å². The number of hydrogen-bond donors (Lipinski definition) is 1. The van der Waals surface area contributed by atoms with Crippen LogP contribution in [0.2, 0.25) is 0 Å². The second-order valence-electron chi connectivity index (χ2n) is 3.62. The highest BCUT2D eigenvalue weighted by Crippen LogP contribution is 2.00. The molecule has 1 amide bonds. The molecule has 1 N–H and O–H groups in total. The third kappa shape index (κ3) is 5.70. The fourth-order valence-electron chi connectivity index (χ4n) is 1.21. The Bertz CT molecular complexity index is 204. The standard InChI is InChI=1S/C10H20N2O2/c1-5-11-10(14)7-12(4)8(2)6-9(3)13/h8H,5-7H2,1-4H3,(H,11,14). The Hall–Kier alpha value is -0.900. The molecule has 0 rings (SSSR count). The van der Waals surface area contributed by atoms with Crippen LogP contribution in [0.1, 0.15) is 27.2 Å². The van der Waals surface area contributed by atoms with Crippen LogP contribution in [0.5, 0.6) is 0 Å². The van der Waals surface area contributed by atoms with Gasteiger partial charge in [-0.3, -0.25) is 14.5 Å². The predicted molar refractivity (Wildman–Crippen MR) is 56.1 cm³/mol. The maximum Gasteiger partial charge on any atom is 0.234 e. The second kappa shape index (κ2) is 6.54. The Morgan fingerprint density at radius 3 is 2.43 bits per heavy atom. The molecule has 0 fully saturated rings. The third-order valence-corrected chi connectivity index (χ3v) is 2.10. The van der Waals surface area contributed by atoms with Gasteiger partial charge in [0.15, 0.2) is 0 Å². The molecule has 0 aliphatic heterocycles. The summed E-state index contributed by atoms with van der Waals surface area (Å²) in [6.45, 7) is 6.39. The van der Waals surface area contributed by atoms with E-state index in [2.05, 4.69) is 5.32 Å². The van der Waals surface area contributed by atoms with Crippen molar-refractivity contribution in [3.63, 3.8) is 0 Å². The number of ketones is 1. The molecule has 4 nitrogen and oxygen atoms in total. The van der Waals surface area contributed by atoms with Gasteiger partial charge in [-0.15, -0.1) is 0 Å². The van der Waals surface area contributed by atoms with Crippen molar-refractivity contribution in [2.45, 2.75) is 33.2 Å². The quantitative estimate of drug-likeness (QED) is 0.676. The van der Waals surface area contributed by atoms with Gasteiger partial charge in [0.25, 0.3) is 0 Å². The van der Waals surface area contributed by atoms with Crippen molar-refractivity contribution >= 4 is 11.7 Å². The molecule has 0 heterocycles.